The number of rotatable bonds is 10. The smallest absolute Gasteiger partial charge is 0.322 e. The molecule has 156 valence electrons. The average molecular weight is 399 g/mol. The van der Waals surface area contributed by atoms with Gasteiger partial charge < -0.3 is 24.4 Å². The molecule has 7 nitrogen and oxygen atoms in total. The van der Waals surface area contributed by atoms with E-state index < -0.39 is 0 Å². The number of aryl methyl sites for hydroxylation is 2. The number of aromatic nitrogens is 1. The number of carbonyl (C=O) groups is 2. The first-order valence-corrected chi connectivity index (χ1v) is 9.55. The van der Waals surface area contributed by atoms with Gasteiger partial charge in [-0.05, 0) is 31.2 Å². The molecule has 0 saturated heterocycles. The second-order valence-electron chi connectivity index (χ2n) is 6.88. The summed E-state index contributed by atoms with van der Waals surface area (Å²) in [6.45, 7) is 7.24. The van der Waals surface area contributed by atoms with Gasteiger partial charge in [0.05, 0.1) is 13.2 Å². The van der Waals surface area contributed by atoms with Gasteiger partial charge in [-0.25, -0.2) is 4.79 Å². The molecule has 0 fully saturated rings. The summed E-state index contributed by atoms with van der Waals surface area (Å²) in [5.41, 5.74) is 2.80. The highest BCUT2D eigenvalue weighted by Gasteiger charge is 2.21. The van der Waals surface area contributed by atoms with Crippen LogP contribution >= 0.6 is 0 Å². The van der Waals surface area contributed by atoms with Crippen LogP contribution in [0.5, 0.6) is 0 Å². The third-order valence-corrected chi connectivity index (χ3v) is 4.59. The number of methoxy groups -OCH3 is 1. The molecule has 0 unspecified atom stereocenters. The molecule has 7 heteroatoms. The van der Waals surface area contributed by atoms with Crippen LogP contribution in [0, 0.1) is 6.92 Å². The number of benzene rings is 1. The van der Waals surface area contributed by atoms with Crippen LogP contribution in [0.4, 0.5) is 10.5 Å². The standard InChI is InChI=1S/C22H30N4O3/c1-5-12-26(22(28)23-19-10-8-18(2)9-11-19)17-21(27)25(14-15-29-4)16-20-7-6-13-24(20)3/h5-11,13H,1,12,14-17H2,2-4H3,(H,23,28). The maximum atomic E-state index is 13.0. The Kier molecular flexibility index (Phi) is 8.48. The molecule has 0 saturated carbocycles. The molecule has 1 aromatic carbocycles. The number of urea groups is 1. The van der Waals surface area contributed by atoms with E-state index in [1.54, 1.807) is 18.1 Å². The monoisotopic (exact) mass is 398 g/mol. The maximum Gasteiger partial charge on any atom is 0.322 e. The zero-order valence-corrected chi connectivity index (χ0v) is 17.4. The van der Waals surface area contributed by atoms with Crippen molar-refractivity contribution in [2.75, 3.05) is 38.7 Å². The van der Waals surface area contributed by atoms with Gasteiger partial charge >= 0.3 is 6.03 Å². The summed E-state index contributed by atoms with van der Waals surface area (Å²) in [4.78, 5) is 28.8. The van der Waals surface area contributed by atoms with Gasteiger partial charge in [-0.1, -0.05) is 23.8 Å². The van der Waals surface area contributed by atoms with Crippen LogP contribution in [0.3, 0.4) is 0 Å². The quantitative estimate of drug-likeness (QED) is 0.626. The van der Waals surface area contributed by atoms with Crippen molar-refractivity contribution in [1.82, 2.24) is 14.4 Å². The molecule has 3 amide bonds. The number of carbonyl (C=O) groups excluding carboxylic acids is 2. The Labute approximate surface area is 172 Å². The Morgan fingerprint density at radius 1 is 1.21 bits per heavy atom. The van der Waals surface area contributed by atoms with Crippen molar-refractivity contribution in [3.63, 3.8) is 0 Å². The highest BCUT2D eigenvalue weighted by molar-refractivity contribution is 5.92. The first-order valence-electron chi connectivity index (χ1n) is 9.55. The van der Waals surface area contributed by atoms with Gasteiger partial charge in [0.15, 0.2) is 0 Å². The minimum absolute atomic E-state index is 0.0438. The topological polar surface area (TPSA) is 66.8 Å². The molecule has 0 aliphatic carbocycles. The maximum absolute atomic E-state index is 13.0. The fraction of sp³-hybridized carbons (Fsp3) is 0.364. The first-order chi connectivity index (χ1) is 13.9. The summed E-state index contributed by atoms with van der Waals surface area (Å²) in [5, 5.41) is 2.84. The molecule has 1 N–H and O–H groups in total. The largest absolute Gasteiger partial charge is 0.383 e. The summed E-state index contributed by atoms with van der Waals surface area (Å²) in [7, 11) is 3.54. The second kappa shape index (κ2) is 11.1. The molecule has 1 aromatic heterocycles. The third kappa shape index (κ3) is 6.80. The number of hydrogen-bond donors (Lipinski definition) is 1. The van der Waals surface area contributed by atoms with Crippen LogP contribution in [0.15, 0.2) is 55.3 Å². The Morgan fingerprint density at radius 2 is 1.93 bits per heavy atom. The van der Waals surface area contributed by atoms with Crippen molar-refractivity contribution in [1.29, 1.82) is 0 Å². The van der Waals surface area contributed by atoms with Crippen molar-refractivity contribution in [2.24, 2.45) is 7.05 Å². The number of ether oxygens (including phenoxy) is 1. The predicted molar refractivity (Wildman–Crippen MR) is 115 cm³/mol. The number of nitrogens with one attached hydrogen (secondary N) is 1. The van der Waals surface area contributed by atoms with Crippen molar-refractivity contribution in [3.05, 3.63) is 66.5 Å². The van der Waals surface area contributed by atoms with E-state index in [-0.39, 0.29) is 25.0 Å². The molecule has 1 heterocycles. The minimum Gasteiger partial charge on any atom is -0.383 e. The van der Waals surface area contributed by atoms with E-state index in [4.69, 9.17) is 4.74 Å². The van der Waals surface area contributed by atoms with E-state index in [0.717, 1.165) is 11.3 Å². The summed E-state index contributed by atoms with van der Waals surface area (Å²) in [5.74, 6) is -0.149. The highest BCUT2D eigenvalue weighted by Crippen LogP contribution is 2.11. The fourth-order valence-corrected chi connectivity index (χ4v) is 2.83. The predicted octanol–water partition coefficient (Wildman–Crippen LogP) is 3.03. The van der Waals surface area contributed by atoms with Gasteiger partial charge in [-0.15, -0.1) is 6.58 Å². The molecule has 0 atom stereocenters. The lowest BCUT2D eigenvalue weighted by molar-refractivity contribution is -0.133. The summed E-state index contributed by atoms with van der Waals surface area (Å²) in [6.07, 6.45) is 3.55. The molecular weight excluding hydrogens is 368 g/mol. The van der Waals surface area contributed by atoms with Crippen LogP contribution < -0.4 is 5.32 Å². The number of hydrogen-bond acceptors (Lipinski definition) is 3. The number of nitrogens with zero attached hydrogens (tertiary/aromatic N) is 3. The molecule has 0 radical (unpaired) electrons. The van der Waals surface area contributed by atoms with Gasteiger partial charge in [-0.3, -0.25) is 4.79 Å². The fourth-order valence-electron chi connectivity index (χ4n) is 2.83. The van der Waals surface area contributed by atoms with Crippen LogP contribution in [0.25, 0.3) is 0 Å². The lowest BCUT2D eigenvalue weighted by Gasteiger charge is -2.27. The normalized spacial score (nSPS) is 10.4. The Morgan fingerprint density at radius 3 is 2.52 bits per heavy atom. The van der Waals surface area contributed by atoms with E-state index in [0.29, 0.717) is 25.4 Å². The molecule has 0 spiro atoms. The van der Waals surface area contributed by atoms with Crippen LogP contribution in [0.2, 0.25) is 0 Å². The van der Waals surface area contributed by atoms with Crippen molar-refractivity contribution in [3.8, 4) is 0 Å². The number of anilines is 1. The third-order valence-electron chi connectivity index (χ3n) is 4.59. The summed E-state index contributed by atoms with van der Waals surface area (Å²) >= 11 is 0. The minimum atomic E-state index is -0.340. The van der Waals surface area contributed by atoms with Crippen molar-refractivity contribution in [2.45, 2.75) is 13.5 Å². The van der Waals surface area contributed by atoms with Gasteiger partial charge in [0, 0.05) is 44.8 Å². The zero-order chi connectivity index (χ0) is 21.2. The Bertz CT molecular complexity index is 814. The van der Waals surface area contributed by atoms with Gasteiger partial charge in [0.1, 0.15) is 6.54 Å². The van der Waals surface area contributed by atoms with Crippen LogP contribution in [0.1, 0.15) is 11.3 Å². The molecule has 0 aliphatic rings. The van der Waals surface area contributed by atoms with E-state index >= 15 is 0 Å². The van der Waals surface area contributed by atoms with Gasteiger partial charge in [0.2, 0.25) is 5.91 Å². The van der Waals surface area contributed by atoms with E-state index in [9.17, 15) is 9.59 Å². The van der Waals surface area contributed by atoms with Gasteiger partial charge in [-0.2, -0.15) is 0 Å². The first kappa shape index (κ1) is 22.2. The highest BCUT2D eigenvalue weighted by atomic mass is 16.5. The Balaban J connectivity index is 2.07. The number of amides is 3. The van der Waals surface area contributed by atoms with E-state index in [1.165, 1.54) is 4.90 Å². The van der Waals surface area contributed by atoms with Crippen molar-refractivity contribution < 1.29 is 14.3 Å². The van der Waals surface area contributed by atoms with Gasteiger partial charge in [0.25, 0.3) is 0 Å². The Hall–Kier alpha value is -3.06. The molecule has 0 bridgehead atoms. The SMILES string of the molecule is C=CCN(CC(=O)N(CCOC)Cc1cccn1C)C(=O)Nc1ccc(C)cc1. The molecule has 2 rings (SSSR count). The molecule has 0 aliphatic heterocycles. The lowest BCUT2D eigenvalue weighted by Crippen LogP contribution is -2.45. The zero-order valence-electron chi connectivity index (χ0n) is 17.4. The van der Waals surface area contributed by atoms with E-state index in [2.05, 4.69) is 11.9 Å². The molecular formula is C22H30N4O3. The lowest BCUT2D eigenvalue weighted by atomic mass is 10.2. The molecule has 2 aromatic rings. The van der Waals surface area contributed by atoms with Crippen LogP contribution in [-0.2, 0) is 23.1 Å². The molecule has 29 heavy (non-hydrogen) atoms. The second-order valence-corrected chi connectivity index (χ2v) is 6.88. The average Bonchev–Trinajstić information content (AvgIpc) is 3.10. The summed E-state index contributed by atoms with van der Waals surface area (Å²) in [6, 6.07) is 11.1. The van der Waals surface area contributed by atoms with Crippen LogP contribution in [-0.4, -0.2) is 59.7 Å². The van der Waals surface area contributed by atoms with E-state index in [1.807, 2.05) is 61.1 Å². The summed E-state index contributed by atoms with van der Waals surface area (Å²) < 4.78 is 7.12. The van der Waals surface area contributed by atoms with Crippen molar-refractivity contribution >= 4 is 17.6 Å².